The number of nitrogens with two attached hydrogens (primary N) is 1. The lowest BCUT2D eigenvalue weighted by atomic mass is 9.99. The highest BCUT2D eigenvalue weighted by Crippen LogP contribution is 2.16. The van der Waals surface area contributed by atoms with Crippen LogP contribution in [-0.4, -0.2) is 17.7 Å². The molecule has 0 radical (unpaired) electrons. The summed E-state index contributed by atoms with van der Waals surface area (Å²) in [7, 11) is 0. The molecule has 2 rings (SSSR count). The predicted molar refractivity (Wildman–Crippen MR) is 99.6 cm³/mol. The van der Waals surface area contributed by atoms with Crippen molar-refractivity contribution >= 4 is 29.8 Å². The van der Waals surface area contributed by atoms with Crippen molar-refractivity contribution < 1.29 is 9.59 Å². The highest BCUT2D eigenvalue weighted by Gasteiger charge is 2.19. The van der Waals surface area contributed by atoms with Crippen LogP contribution in [0.4, 0.5) is 5.69 Å². The average molecular weight is 347 g/mol. The van der Waals surface area contributed by atoms with Crippen molar-refractivity contribution in [2.24, 2.45) is 11.7 Å². The second-order valence-electron chi connectivity index (χ2n) is 5.68. The molecule has 3 N–H and O–H groups in total. The van der Waals surface area contributed by atoms with E-state index in [9.17, 15) is 9.59 Å². The van der Waals surface area contributed by atoms with Crippen LogP contribution >= 0.6 is 12.4 Å². The molecule has 4 nitrogen and oxygen atoms in total. The van der Waals surface area contributed by atoms with E-state index in [4.69, 9.17) is 5.73 Å². The largest absolute Gasteiger partial charge is 0.325 e. The molecule has 0 spiro atoms. The molecule has 0 heterocycles. The molecule has 128 valence electrons. The number of hydrogen-bond donors (Lipinski definition) is 2. The van der Waals surface area contributed by atoms with Gasteiger partial charge in [-0.15, -0.1) is 12.4 Å². The molecule has 5 heteroatoms. The van der Waals surface area contributed by atoms with Crippen LogP contribution in [0.3, 0.4) is 0 Å². The highest BCUT2D eigenvalue weighted by atomic mass is 35.5. The zero-order chi connectivity index (χ0) is 16.8. The van der Waals surface area contributed by atoms with Gasteiger partial charge in [0.15, 0.2) is 5.78 Å². The lowest BCUT2D eigenvalue weighted by Crippen LogP contribution is -2.40. The topological polar surface area (TPSA) is 72.2 Å². The van der Waals surface area contributed by atoms with Gasteiger partial charge in [-0.25, -0.2) is 0 Å². The molecule has 0 aromatic heterocycles. The van der Waals surface area contributed by atoms with Gasteiger partial charge in [-0.05, 0) is 18.1 Å². The fourth-order valence-electron chi connectivity index (χ4n) is 2.23. The number of carbonyl (C=O) groups is 2. The smallest absolute Gasteiger partial charge is 0.241 e. The fraction of sp³-hybridized carbons (Fsp3) is 0.263. The van der Waals surface area contributed by atoms with Crippen molar-refractivity contribution in [2.75, 3.05) is 5.32 Å². The number of benzene rings is 2. The van der Waals surface area contributed by atoms with Gasteiger partial charge in [0.25, 0.3) is 0 Å². The molecule has 2 atom stereocenters. The van der Waals surface area contributed by atoms with E-state index in [2.05, 4.69) is 5.32 Å². The third-order valence-electron chi connectivity index (χ3n) is 3.99. The van der Waals surface area contributed by atoms with Crippen LogP contribution in [0.1, 0.15) is 36.2 Å². The van der Waals surface area contributed by atoms with Crippen molar-refractivity contribution in [3.63, 3.8) is 0 Å². The maximum atomic E-state index is 12.4. The molecule has 24 heavy (non-hydrogen) atoms. The molecule has 2 unspecified atom stereocenters. The minimum atomic E-state index is -0.562. The van der Waals surface area contributed by atoms with Gasteiger partial charge in [0, 0.05) is 16.8 Å². The first-order chi connectivity index (χ1) is 11.0. The minimum Gasteiger partial charge on any atom is -0.325 e. The highest BCUT2D eigenvalue weighted by molar-refractivity contribution is 6.09. The van der Waals surface area contributed by atoms with E-state index in [-0.39, 0.29) is 30.0 Å². The molecule has 0 saturated heterocycles. The van der Waals surface area contributed by atoms with Crippen LogP contribution < -0.4 is 11.1 Å². The first kappa shape index (κ1) is 19.9. The minimum absolute atomic E-state index is 0. The van der Waals surface area contributed by atoms with E-state index in [1.54, 1.807) is 36.4 Å². The number of nitrogens with one attached hydrogen (secondary N) is 1. The summed E-state index contributed by atoms with van der Waals surface area (Å²) in [5.41, 5.74) is 7.66. The Bertz CT molecular complexity index is 689. The number of amides is 1. The van der Waals surface area contributed by atoms with Gasteiger partial charge in [0.1, 0.15) is 0 Å². The number of rotatable bonds is 6. The first-order valence-electron chi connectivity index (χ1n) is 7.79. The molecule has 0 bridgehead atoms. The van der Waals surface area contributed by atoms with Gasteiger partial charge in [0.2, 0.25) is 5.91 Å². The standard InChI is InChI=1S/C19H22N2O2.ClH/c1-3-13(2)17(20)19(23)21-16-11-7-10-15(12-16)18(22)14-8-5-4-6-9-14;/h4-13,17H,3,20H2,1-2H3,(H,21,23);1H. The maximum Gasteiger partial charge on any atom is 0.241 e. The number of hydrogen-bond acceptors (Lipinski definition) is 3. The summed E-state index contributed by atoms with van der Waals surface area (Å²) < 4.78 is 0. The van der Waals surface area contributed by atoms with Gasteiger partial charge in [0.05, 0.1) is 6.04 Å². The summed E-state index contributed by atoms with van der Waals surface area (Å²) in [5.74, 6) is -0.208. The van der Waals surface area contributed by atoms with Crippen molar-refractivity contribution in [3.8, 4) is 0 Å². The van der Waals surface area contributed by atoms with Crippen LogP contribution in [0.25, 0.3) is 0 Å². The van der Waals surface area contributed by atoms with E-state index in [1.165, 1.54) is 0 Å². The van der Waals surface area contributed by atoms with Crippen molar-refractivity contribution in [3.05, 3.63) is 65.7 Å². The Balaban J connectivity index is 0.00000288. The lowest BCUT2D eigenvalue weighted by molar-refractivity contribution is -0.118. The molecule has 0 saturated carbocycles. The molecule has 1 amide bonds. The number of anilines is 1. The third kappa shape index (κ3) is 4.91. The van der Waals surface area contributed by atoms with Gasteiger partial charge in [-0.2, -0.15) is 0 Å². The van der Waals surface area contributed by atoms with Gasteiger partial charge in [-0.3, -0.25) is 9.59 Å². The molecule has 2 aromatic rings. The summed E-state index contributed by atoms with van der Waals surface area (Å²) >= 11 is 0. The van der Waals surface area contributed by atoms with Crippen molar-refractivity contribution in [1.29, 1.82) is 0 Å². The van der Waals surface area contributed by atoms with Crippen LogP contribution in [0.15, 0.2) is 54.6 Å². The molecular weight excluding hydrogens is 324 g/mol. The Hall–Kier alpha value is -2.17. The summed E-state index contributed by atoms with van der Waals surface area (Å²) in [6.45, 7) is 3.94. The molecular formula is C19H23ClN2O2. The fourth-order valence-corrected chi connectivity index (χ4v) is 2.23. The van der Waals surface area contributed by atoms with Gasteiger partial charge < -0.3 is 11.1 Å². The summed E-state index contributed by atoms with van der Waals surface area (Å²) in [6.07, 6.45) is 0.834. The zero-order valence-corrected chi connectivity index (χ0v) is 14.7. The first-order valence-corrected chi connectivity index (χ1v) is 7.79. The quantitative estimate of drug-likeness (QED) is 0.784. The van der Waals surface area contributed by atoms with E-state index >= 15 is 0 Å². The normalized spacial score (nSPS) is 12.6. The Morgan fingerprint density at radius 1 is 1.04 bits per heavy atom. The Kier molecular flexibility index (Phi) is 7.62. The Morgan fingerprint density at radius 2 is 1.67 bits per heavy atom. The second kappa shape index (κ2) is 9.21. The zero-order valence-electron chi connectivity index (χ0n) is 13.9. The SMILES string of the molecule is CCC(C)C(N)C(=O)Nc1cccc(C(=O)c2ccccc2)c1.Cl. The summed E-state index contributed by atoms with van der Waals surface area (Å²) in [5, 5.41) is 2.79. The van der Waals surface area contributed by atoms with Crippen molar-refractivity contribution in [2.45, 2.75) is 26.3 Å². The summed E-state index contributed by atoms with van der Waals surface area (Å²) in [4.78, 5) is 24.6. The second-order valence-corrected chi connectivity index (χ2v) is 5.68. The summed E-state index contributed by atoms with van der Waals surface area (Å²) in [6, 6.07) is 15.4. The van der Waals surface area contributed by atoms with Gasteiger partial charge >= 0.3 is 0 Å². The number of halogens is 1. The predicted octanol–water partition coefficient (Wildman–Crippen LogP) is 3.65. The van der Waals surface area contributed by atoms with Crippen LogP contribution in [-0.2, 0) is 4.79 Å². The number of carbonyl (C=O) groups excluding carboxylic acids is 2. The maximum absolute atomic E-state index is 12.4. The van der Waals surface area contributed by atoms with E-state index < -0.39 is 6.04 Å². The molecule has 0 aliphatic rings. The van der Waals surface area contributed by atoms with Crippen LogP contribution in [0, 0.1) is 5.92 Å². The van der Waals surface area contributed by atoms with E-state index in [1.807, 2.05) is 32.0 Å². The molecule has 2 aromatic carbocycles. The van der Waals surface area contributed by atoms with Crippen LogP contribution in [0.2, 0.25) is 0 Å². The monoisotopic (exact) mass is 346 g/mol. The third-order valence-corrected chi connectivity index (χ3v) is 3.99. The number of ketones is 1. The van der Waals surface area contributed by atoms with E-state index in [0.29, 0.717) is 16.8 Å². The van der Waals surface area contributed by atoms with Gasteiger partial charge in [-0.1, -0.05) is 62.7 Å². The Labute approximate surface area is 148 Å². The molecule has 0 aliphatic heterocycles. The lowest BCUT2D eigenvalue weighted by Gasteiger charge is -2.17. The van der Waals surface area contributed by atoms with Crippen molar-refractivity contribution in [1.82, 2.24) is 0 Å². The van der Waals surface area contributed by atoms with Crippen LogP contribution in [0.5, 0.6) is 0 Å². The Morgan fingerprint density at radius 3 is 2.29 bits per heavy atom. The molecule has 0 aliphatic carbocycles. The van der Waals surface area contributed by atoms with E-state index in [0.717, 1.165) is 6.42 Å². The average Bonchev–Trinajstić information content (AvgIpc) is 2.60. The molecule has 0 fully saturated rings.